The molecule has 0 aliphatic rings. The van der Waals surface area contributed by atoms with Crippen LogP contribution in [-0.2, 0) is 0 Å². The Labute approximate surface area is 103 Å². The second kappa shape index (κ2) is 4.68. The van der Waals surface area contributed by atoms with E-state index in [2.05, 4.69) is 9.97 Å². The average Bonchev–Trinajstić information content (AvgIpc) is 2.25. The highest BCUT2D eigenvalue weighted by molar-refractivity contribution is 6.30. The highest BCUT2D eigenvalue weighted by Crippen LogP contribution is 2.27. The number of hydrogen-bond donors (Lipinski definition) is 0. The number of ether oxygens (including phenoxy) is 1. The first-order valence-corrected chi connectivity index (χ1v) is 5.33. The van der Waals surface area contributed by atoms with E-state index in [1.807, 2.05) is 0 Å². The summed E-state index contributed by atoms with van der Waals surface area (Å²) in [5.41, 5.74) is 0.698. The van der Waals surface area contributed by atoms with Gasteiger partial charge in [-0.05, 0) is 25.1 Å². The molecule has 0 atom stereocenters. The summed E-state index contributed by atoms with van der Waals surface area (Å²) in [6, 6.07) is 7.07. The molecule has 0 N–H and O–H groups in total. The first kappa shape index (κ1) is 11.2. The Kier molecular flexibility index (Phi) is 3.27. The molecule has 1 aromatic heterocycles. The Morgan fingerprint density at radius 2 is 2.00 bits per heavy atom. The van der Waals surface area contributed by atoms with E-state index in [0.717, 1.165) is 0 Å². The molecule has 0 radical (unpaired) electrons. The predicted molar refractivity (Wildman–Crippen MR) is 63.3 cm³/mol. The van der Waals surface area contributed by atoms with Crippen molar-refractivity contribution in [3.8, 4) is 11.6 Å². The summed E-state index contributed by atoms with van der Waals surface area (Å²) in [4.78, 5) is 7.85. The third-order valence-corrected chi connectivity index (χ3v) is 2.60. The molecule has 5 heteroatoms. The first-order valence-electron chi connectivity index (χ1n) is 4.57. The predicted octanol–water partition coefficient (Wildman–Crippen LogP) is 3.88. The second-order valence-electron chi connectivity index (χ2n) is 3.15. The molecule has 1 aromatic carbocycles. The Morgan fingerprint density at radius 3 is 2.75 bits per heavy atom. The van der Waals surface area contributed by atoms with Gasteiger partial charge in [0.15, 0.2) is 0 Å². The molecule has 0 saturated carbocycles. The Hall–Kier alpha value is -1.32. The molecular formula is C11H8Cl2N2O. The van der Waals surface area contributed by atoms with Crippen molar-refractivity contribution in [1.82, 2.24) is 9.97 Å². The van der Waals surface area contributed by atoms with Gasteiger partial charge in [0.1, 0.15) is 17.2 Å². The Morgan fingerprint density at radius 1 is 1.19 bits per heavy atom. The van der Waals surface area contributed by atoms with E-state index in [0.29, 0.717) is 27.4 Å². The van der Waals surface area contributed by atoms with Crippen LogP contribution in [0.25, 0.3) is 0 Å². The van der Waals surface area contributed by atoms with Gasteiger partial charge >= 0.3 is 0 Å². The molecule has 0 aliphatic carbocycles. The highest BCUT2D eigenvalue weighted by Gasteiger charge is 2.07. The number of halogens is 2. The van der Waals surface area contributed by atoms with Gasteiger partial charge in [-0.25, -0.2) is 9.97 Å². The van der Waals surface area contributed by atoms with Crippen LogP contribution >= 0.6 is 23.2 Å². The monoisotopic (exact) mass is 254 g/mol. The van der Waals surface area contributed by atoms with Crippen molar-refractivity contribution in [2.75, 3.05) is 0 Å². The summed E-state index contributed by atoms with van der Waals surface area (Å²) in [5.74, 6) is 1.05. The van der Waals surface area contributed by atoms with E-state index in [1.54, 1.807) is 31.2 Å². The Bertz CT molecular complexity index is 517. The normalized spacial score (nSPS) is 10.2. The molecule has 82 valence electrons. The number of nitrogens with zero attached hydrogens (tertiary/aromatic N) is 2. The van der Waals surface area contributed by atoms with Crippen LogP contribution in [0, 0.1) is 6.92 Å². The summed E-state index contributed by atoms with van der Waals surface area (Å²) in [6.45, 7) is 1.79. The van der Waals surface area contributed by atoms with Gasteiger partial charge in [-0.3, -0.25) is 0 Å². The molecule has 16 heavy (non-hydrogen) atoms. The van der Waals surface area contributed by atoms with Gasteiger partial charge < -0.3 is 4.74 Å². The minimum absolute atomic E-state index is 0.382. The van der Waals surface area contributed by atoms with Crippen molar-refractivity contribution in [1.29, 1.82) is 0 Å². The lowest BCUT2D eigenvalue weighted by molar-refractivity contribution is 0.457. The van der Waals surface area contributed by atoms with Gasteiger partial charge in [-0.1, -0.05) is 29.3 Å². The SMILES string of the molecule is Cc1c(Cl)ncnc1Oc1cccc(Cl)c1. The van der Waals surface area contributed by atoms with Crippen LogP contribution in [0.1, 0.15) is 5.56 Å². The van der Waals surface area contributed by atoms with Crippen molar-refractivity contribution in [2.24, 2.45) is 0 Å². The largest absolute Gasteiger partial charge is 0.439 e. The summed E-state index contributed by atoms with van der Waals surface area (Å²) in [7, 11) is 0. The number of hydrogen-bond acceptors (Lipinski definition) is 3. The third-order valence-electron chi connectivity index (χ3n) is 1.99. The maximum Gasteiger partial charge on any atom is 0.226 e. The molecule has 2 aromatic rings. The van der Waals surface area contributed by atoms with Crippen LogP contribution in [0.15, 0.2) is 30.6 Å². The maximum atomic E-state index is 5.85. The fourth-order valence-electron chi connectivity index (χ4n) is 1.16. The van der Waals surface area contributed by atoms with Crippen molar-refractivity contribution in [3.05, 3.63) is 46.3 Å². The Balaban J connectivity index is 2.31. The fourth-order valence-corrected chi connectivity index (χ4v) is 1.46. The van der Waals surface area contributed by atoms with Crippen LogP contribution in [-0.4, -0.2) is 9.97 Å². The number of benzene rings is 1. The number of rotatable bonds is 2. The van der Waals surface area contributed by atoms with E-state index < -0.39 is 0 Å². The summed E-state index contributed by atoms with van der Waals surface area (Å²) in [5, 5.41) is 0.988. The number of aromatic nitrogens is 2. The van der Waals surface area contributed by atoms with Crippen molar-refractivity contribution in [3.63, 3.8) is 0 Å². The van der Waals surface area contributed by atoms with E-state index in [9.17, 15) is 0 Å². The lowest BCUT2D eigenvalue weighted by Crippen LogP contribution is -1.93. The zero-order valence-electron chi connectivity index (χ0n) is 8.45. The zero-order chi connectivity index (χ0) is 11.5. The van der Waals surface area contributed by atoms with Crippen LogP contribution in [0.4, 0.5) is 0 Å². The first-order chi connectivity index (χ1) is 7.66. The van der Waals surface area contributed by atoms with E-state index in [1.165, 1.54) is 6.33 Å². The second-order valence-corrected chi connectivity index (χ2v) is 3.95. The van der Waals surface area contributed by atoms with Crippen molar-refractivity contribution >= 4 is 23.2 Å². The summed E-state index contributed by atoms with van der Waals surface area (Å²) >= 11 is 11.7. The van der Waals surface area contributed by atoms with Gasteiger partial charge in [0.05, 0.1) is 0 Å². The molecule has 0 unspecified atom stereocenters. The molecule has 1 heterocycles. The topological polar surface area (TPSA) is 35.0 Å². The van der Waals surface area contributed by atoms with Crippen LogP contribution in [0.5, 0.6) is 11.6 Å². The van der Waals surface area contributed by atoms with Gasteiger partial charge in [0.25, 0.3) is 0 Å². The minimum Gasteiger partial charge on any atom is -0.439 e. The average molecular weight is 255 g/mol. The molecular weight excluding hydrogens is 247 g/mol. The van der Waals surface area contributed by atoms with Crippen molar-refractivity contribution in [2.45, 2.75) is 6.92 Å². The molecule has 0 bridgehead atoms. The highest BCUT2D eigenvalue weighted by atomic mass is 35.5. The molecule has 0 aliphatic heterocycles. The fraction of sp³-hybridized carbons (Fsp3) is 0.0909. The van der Waals surface area contributed by atoms with Crippen LogP contribution in [0.2, 0.25) is 10.2 Å². The molecule has 2 rings (SSSR count). The quantitative estimate of drug-likeness (QED) is 0.763. The summed E-state index contributed by atoms with van der Waals surface area (Å²) in [6.07, 6.45) is 1.36. The van der Waals surface area contributed by atoms with E-state index in [4.69, 9.17) is 27.9 Å². The van der Waals surface area contributed by atoms with Crippen LogP contribution in [0.3, 0.4) is 0 Å². The van der Waals surface area contributed by atoms with Crippen LogP contribution < -0.4 is 4.74 Å². The lowest BCUT2D eigenvalue weighted by atomic mass is 10.3. The lowest BCUT2D eigenvalue weighted by Gasteiger charge is -2.07. The van der Waals surface area contributed by atoms with E-state index >= 15 is 0 Å². The van der Waals surface area contributed by atoms with Crippen molar-refractivity contribution < 1.29 is 4.74 Å². The molecule has 0 spiro atoms. The van der Waals surface area contributed by atoms with Gasteiger partial charge in [0, 0.05) is 10.6 Å². The minimum atomic E-state index is 0.382. The summed E-state index contributed by atoms with van der Waals surface area (Å²) < 4.78 is 5.55. The van der Waals surface area contributed by atoms with Gasteiger partial charge in [0.2, 0.25) is 5.88 Å². The van der Waals surface area contributed by atoms with E-state index in [-0.39, 0.29) is 0 Å². The molecule has 0 fully saturated rings. The smallest absolute Gasteiger partial charge is 0.226 e. The third kappa shape index (κ3) is 2.43. The molecule has 0 saturated heterocycles. The zero-order valence-corrected chi connectivity index (χ0v) is 9.96. The molecule has 0 amide bonds. The standard InChI is InChI=1S/C11H8Cl2N2O/c1-7-10(13)14-6-15-11(7)16-9-4-2-3-8(12)5-9/h2-6H,1H3. The van der Waals surface area contributed by atoms with Gasteiger partial charge in [-0.15, -0.1) is 0 Å². The molecule has 3 nitrogen and oxygen atoms in total. The van der Waals surface area contributed by atoms with Gasteiger partial charge in [-0.2, -0.15) is 0 Å². The maximum absolute atomic E-state index is 5.85.